The Balaban J connectivity index is 1.59. The van der Waals surface area contributed by atoms with Gasteiger partial charge in [-0.05, 0) is 29.5 Å². The summed E-state index contributed by atoms with van der Waals surface area (Å²) in [4.78, 5) is 24.5. The molecule has 1 atom stereocenters. The normalized spacial score (nSPS) is 16.5. The fourth-order valence-electron chi connectivity index (χ4n) is 2.44. The zero-order valence-electron chi connectivity index (χ0n) is 12.2. The van der Waals surface area contributed by atoms with Gasteiger partial charge in [-0.15, -0.1) is 11.8 Å². The first-order valence-electron chi connectivity index (χ1n) is 7.16. The maximum absolute atomic E-state index is 13.8. The minimum absolute atomic E-state index is 0.0943. The molecule has 0 radical (unpaired) electrons. The summed E-state index contributed by atoms with van der Waals surface area (Å²) in [5, 5.41) is 8.99. The molecule has 0 saturated heterocycles. The van der Waals surface area contributed by atoms with Crippen molar-refractivity contribution in [2.24, 2.45) is 0 Å². The Bertz CT molecular complexity index is 719. The number of rotatable bonds is 4. The first-order valence-corrected chi connectivity index (χ1v) is 9.09. The molecule has 1 aliphatic rings. The summed E-state index contributed by atoms with van der Waals surface area (Å²) in [6.07, 6.45) is 0.741. The largest absolute Gasteiger partial charge is 0.348 e. The van der Waals surface area contributed by atoms with Crippen LogP contribution in [0.3, 0.4) is 0 Å². The predicted octanol–water partition coefficient (Wildman–Crippen LogP) is 2.97. The molecule has 0 fully saturated rings. The molecular weight excluding hydrogens is 335 g/mol. The van der Waals surface area contributed by atoms with E-state index < -0.39 is 0 Å². The zero-order chi connectivity index (χ0) is 16.2. The Morgan fingerprint density at radius 1 is 1.30 bits per heavy atom. The summed E-state index contributed by atoms with van der Waals surface area (Å²) >= 11 is 2.89. The molecule has 1 aromatic carbocycles. The first-order chi connectivity index (χ1) is 11.1. The SMILES string of the molecule is O=C(CNC(=O)c1ccsc1)NC1CCSc2c(F)cccc21. The molecule has 0 spiro atoms. The van der Waals surface area contributed by atoms with Gasteiger partial charge >= 0.3 is 0 Å². The number of thiophene rings is 1. The van der Waals surface area contributed by atoms with Crippen LogP contribution in [0.15, 0.2) is 39.9 Å². The van der Waals surface area contributed by atoms with Crippen LogP contribution in [0.5, 0.6) is 0 Å². The number of hydrogen-bond acceptors (Lipinski definition) is 4. The number of fused-ring (bicyclic) bond motifs is 1. The molecule has 7 heteroatoms. The number of thioether (sulfide) groups is 1. The summed E-state index contributed by atoms with van der Waals surface area (Å²) in [7, 11) is 0. The fourth-order valence-corrected chi connectivity index (χ4v) is 4.21. The first kappa shape index (κ1) is 16.0. The van der Waals surface area contributed by atoms with Crippen molar-refractivity contribution in [2.75, 3.05) is 12.3 Å². The highest BCUT2D eigenvalue weighted by atomic mass is 32.2. The second-order valence-corrected chi connectivity index (χ2v) is 7.00. The topological polar surface area (TPSA) is 58.2 Å². The summed E-state index contributed by atoms with van der Waals surface area (Å²) in [6, 6.07) is 6.40. The monoisotopic (exact) mass is 350 g/mol. The number of hydrogen-bond donors (Lipinski definition) is 2. The van der Waals surface area contributed by atoms with Crippen molar-refractivity contribution in [2.45, 2.75) is 17.4 Å². The lowest BCUT2D eigenvalue weighted by atomic mass is 10.0. The van der Waals surface area contributed by atoms with E-state index in [4.69, 9.17) is 0 Å². The van der Waals surface area contributed by atoms with Crippen LogP contribution < -0.4 is 10.6 Å². The molecule has 1 aromatic heterocycles. The molecule has 2 amide bonds. The zero-order valence-corrected chi connectivity index (χ0v) is 13.8. The summed E-state index contributed by atoms with van der Waals surface area (Å²) in [6.45, 7) is -0.0943. The van der Waals surface area contributed by atoms with E-state index >= 15 is 0 Å². The molecule has 1 unspecified atom stereocenters. The number of benzene rings is 1. The van der Waals surface area contributed by atoms with Crippen LogP contribution in [-0.2, 0) is 4.79 Å². The van der Waals surface area contributed by atoms with Gasteiger partial charge in [0, 0.05) is 21.6 Å². The van der Waals surface area contributed by atoms with Crippen molar-refractivity contribution in [3.8, 4) is 0 Å². The van der Waals surface area contributed by atoms with E-state index in [-0.39, 0.29) is 30.2 Å². The van der Waals surface area contributed by atoms with Gasteiger partial charge in [-0.1, -0.05) is 12.1 Å². The molecule has 3 rings (SSSR count). The van der Waals surface area contributed by atoms with Gasteiger partial charge in [0.05, 0.1) is 12.6 Å². The van der Waals surface area contributed by atoms with Gasteiger partial charge in [-0.2, -0.15) is 11.3 Å². The number of carbonyl (C=O) groups is 2. The summed E-state index contributed by atoms with van der Waals surface area (Å²) in [5.74, 6) is -0.0508. The van der Waals surface area contributed by atoms with Crippen molar-refractivity contribution in [1.82, 2.24) is 10.6 Å². The third-order valence-electron chi connectivity index (χ3n) is 3.55. The van der Waals surface area contributed by atoms with E-state index in [1.54, 1.807) is 22.9 Å². The van der Waals surface area contributed by atoms with Crippen LogP contribution in [0.4, 0.5) is 4.39 Å². The molecule has 23 heavy (non-hydrogen) atoms. The predicted molar refractivity (Wildman–Crippen MR) is 89.3 cm³/mol. The van der Waals surface area contributed by atoms with E-state index in [0.717, 1.165) is 17.7 Å². The number of amides is 2. The smallest absolute Gasteiger partial charge is 0.252 e. The lowest BCUT2D eigenvalue weighted by Gasteiger charge is -2.26. The Hall–Kier alpha value is -1.86. The second-order valence-electron chi connectivity index (χ2n) is 5.11. The quantitative estimate of drug-likeness (QED) is 0.891. The summed E-state index contributed by atoms with van der Waals surface area (Å²) < 4.78 is 13.8. The minimum Gasteiger partial charge on any atom is -0.348 e. The fraction of sp³-hybridized carbons (Fsp3) is 0.250. The highest BCUT2D eigenvalue weighted by Gasteiger charge is 2.24. The average molecular weight is 350 g/mol. The minimum atomic E-state index is -0.277. The number of halogens is 1. The molecule has 120 valence electrons. The van der Waals surface area contributed by atoms with Crippen molar-refractivity contribution < 1.29 is 14.0 Å². The standard InChI is InChI=1S/C16H15FN2O2S2/c17-12-3-1-2-11-13(5-7-23-15(11)12)19-14(20)8-18-16(21)10-4-6-22-9-10/h1-4,6,9,13H,5,7-8H2,(H,18,21)(H,19,20). The second kappa shape index (κ2) is 7.14. The molecular formula is C16H15FN2O2S2. The van der Waals surface area contributed by atoms with Crippen LogP contribution >= 0.6 is 23.1 Å². The van der Waals surface area contributed by atoms with Gasteiger partial charge < -0.3 is 10.6 Å². The molecule has 0 saturated carbocycles. The van der Waals surface area contributed by atoms with E-state index in [9.17, 15) is 14.0 Å². The van der Waals surface area contributed by atoms with E-state index in [1.807, 2.05) is 6.07 Å². The molecule has 2 aromatic rings. The highest BCUT2D eigenvalue weighted by molar-refractivity contribution is 7.99. The molecule has 1 aliphatic heterocycles. The average Bonchev–Trinajstić information content (AvgIpc) is 3.08. The maximum atomic E-state index is 13.8. The Morgan fingerprint density at radius 2 is 2.17 bits per heavy atom. The number of carbonyl (C=O) groups excluding carboxylic acids is 2. The Morgan fingerprint density at radius 3 is 2.96 bits per heavy atom. The molecule has 2 heterocycles. The lowest BCUT2D eigenvalue weighted by molar-refractivity contribution is -0.120. The van der Waals surface area contributed by atoms with Crippen molar-refractivity contribution in [1.29, 1.82) is 0 Å². The van der Waals surface area contributed by atoms with Crippen LogP contribution in [0.25, 0.3) is 0 Å². The molecule has 0 bridgehead atoms. The van der Waals surface area contributed by atoms with Gasteiger partial charge in [0.25, 0.3) is 5.91 Å². The van der Waals surface area contributed by atoms with Crippen molar-refractivity contribution in [3.63, 3.8) is 0 Å². The van der Waals surface area contributed by atoms with Crippen molar-refractivity contribution >= 4 is 34.9 Å². The third-order valence-corrected chi connectivity index (χ3v) is 5.40. The molecule has 4 nitrogen and oxygen atoms in total. The van der Waals surface area contributed by atoms with Gasteiger partial charge in [0.2, 0.25) is 5.91 Å². The molecule has 2 N–H and O–H groups in total. The van der Waals surface area contributed by atoms with Crippen LogP contribution in [0.1, 0.15) is 28.4 Å². The highest BCUT2D eigenvalue weighted by Crippen LogP contribution is 2.37. The van der Waals surface area contributed by atoms with Crippen LogP contribution in [0, 0.1) is 5.82 Å². The third kappa shape index (κ3) is 3.73. The van der Waals surface area contributed by atoms with Gasteiger partial charge in [-0.3, -0.25) is 9.59 Å². The maximum Gasteiger partial charge on any atom is 0.252 e. The van der Waals surface area contributed by atoms with Gasteiger partial charge in [0.1, 0.15) is 5.82 Å². The van der Waals surface area contributed by atoms with E-state index in [2.05, 4.69) is 10.6 Å². The Kier molecular flexibility index (Phi) is 4.97. The lowest BCUT2D eigenvalue weighted by Crippen LogP contribution is -2.39. The van der Waals surface area contributed by atoms with Crippen LogP contribution in [-0.4, -0.2) is 24.1 Å². The van der Waals surface area contributed by atoms with Gasteiger partial charge in [0.15, 0.2) is 0 Å². The molecule has 0 aliphatic carbocycles. The van der Waals surface area contributed by atoms with Crippen molar-refractivity contribution in [3.05, 3.63) is 52.0 Å². The summed E-state index contributed by atoms with van der Waals surface area (Å²) in [5.41, 5.74) is 1.35. The Labute approximate surface area is 141 Å². The van der Waals surface area contributed by atoms with E-state index in [0.29, 0.717) is 10.5 Å². The van der Waals surface area contributed by atoms with E-state index in [1.165, 1.54) is 29.2 Å². The van der Waals surface area contributed by atoms with Gasteiger partial charge in [-0.25, -0.2) is 4.39 Å². The number of nitrogens with one attached hydrogen (secondary N) is 2. The van der Waals surface area contributed by atoms with Crippen LogP contribution in [0.2, 0.25) is 0 Å².